The minimum Gasteiger partial charge on any atom is -0.493 e. The molecule has 36 heavy (non-hydrogen) atoms. The second-order valence-electron chi connectivity index (χ2n) is 8.94. The van der Waals surface area contributed by atoms with Gasteiger partial charge in [0, 0.05) is 43.6 Å². The summed E-state index contributed by atoms with van der Waals surface area (Å²) in [5.41, 5.74) is 5.99. The molecule has 0 spiro atoms. The zero-order valence-corrected chi connectivity index (χ0v) is 20.9. The van der Waals surface area contributed by atoms with Crippen molar-refractivity contribution in [2.45, 2.75) is 26.0 Å². The number of benzene rings is 3. The van der Waals surface area contributed by atoms with Crippen LogP contribution in [0, 0.1) is 0 Å². The van der Waals surface area contributed by atoms with Gasteiger partial charge in [-0.2, -0.15) is 0 Å². The van der Waals surface area contributed by atoms with Gasteiger partial charge in [0.05, 0.1) is 13.2 Å². The first kappa shape index (κ1) is 23.8. The van der Waals surface area contributed by atoms with Crippen LogP contribution < -0.4 is 19.7 Å². The van der Waals surface area contributed by atoms with Crippen LogP contribution in [0.2, 0.25) is 0 Å². The number of hydrogen-bond donors (Lipinski definition) is 1. The van der Waals surface area contributed by atoms with E-state index in [1.165, 1.54) is 16.7 Å². The molecule has 0 saturated carbocycles. The molecule has 0 radical (unpaired) electrons. The number of rotatable bonds is 8. The Kier molecular flexibility index (Phi) is 7.39. The molecule has 0 bridgehead atoms. The normalized spacial score (nSPS) is 16.9. The third-order valence-electron chi connectivity index (χ3n) is 6.63. The highest BCUT2D eigenvalue weighted by atomic mass is 16.5. The summed E-state index contributed by atoms with van der Waals surface area (Å²) in [5, 5.41) is 3.63. The summed E-state index contributed by atoms with van der Waals surface area (Å²) in [6.45, 7) is 4.55. The summed E-state index contributed by atoms with van der Waals surface area (Å²) in [7, 11) is 1.70. The molecule has 0 amide bonds. The second-order valence-corrected chi connectivity index (χ2v) is 8.94. The fourth-order valence-corrected chi connectivity index (χ4v) is 4.54. The minimum atomic E-state index is 0.124. The molecule has 2 aliphatic heterocycles. The van der Waals surface area contributed by atoms with E-state index in [0.29, 0.717) is 6.61 Å². The molecular weight excluding hydrogens is 446 g/mol. The Bertz CT molecular complexity index is 1230. The molecule has 5 rings (SSSR count). The first-order valence-electron chi connectivity index (χ1n) is 12.5. The Morgan fingerprint density at radius 3 is 2.44 bits per heavy atom. The smallest absolute Gasteiger partial charge is 0.161 e. The maximum absolute atomic E-state index is 6.14. The largest absolute Gasteiger partial charge is 0.493 e. The Morgan fingerprint density at radius 1 is 0.944 bits per heavy atom. The molecular formula is C31H33N3O2. The third-order valence-corrected chi connectivity index (χ3v) is 6.63. The monoisotopic (exact) mass is 479 g/mol. The van der Waals surface area contributed by atoms with Crippen LogP contribution in [0.4, 0.5) is 5.69 Å². The second kappa shape index (κ2) is 11.2. The summed E-state index contributed by atoms with van der Waals surface area (Å²) in [4.78, 5) is 4.28. The van der Waals surface area contributed by atoms with Gasteiger partial charge in [-0.3, -0.25) is 0 Å². The van der Waals surface area contributed by atoms with Crippen LogP contribution in [0.3, 0.4) is 0 Å². The van der Waals surface area contributed by atoms with Crippen molar-refractivity contribution in [3.05, 3.63) is 120 Å². The van der Waals surface area contributed by atoms with Crippen molar-refractivity contribution in [1.82, 2.24) is 10.2 Å². The van der Waals surface area contributed by atoms with Crippen LogP contribution in [-0.2, 0) is 13.0 Å². The summed E-state index contributed by atoms with van der Waals surface area (Å²) in [5.74, 6) is 1.56. The van der Waals surface area contributed by atoms with Crippen LogP contribution in [0.1, 0.15) is 35.2 Å². The van der Waals surface area contributed by atoms with Gasteiger partial charge in [-0.15, -0.1) is 0 Å². The van der Waals surface area contributed by atoms with Crippen molar-refractivity contribution in [2.24, 2.45) is 0 Å². The van der Waals surface area contributed by atoms with Crippen molar-refractivity contribution in [3.63, 3.8) is 0 Å². The third kappa shape index (κ3) is 5.47. The fourth-order valence-electron chi connectivity index (χ4n) is 4.54. The predicted molar refractivity (Wildman–Crippen MR) is 147 cm³/mol. The van der Waals surface area contributed by atoms with E-state index in [-0.39, 0.29) is 6.04 Å². The minimum absolute atomic E-state index is 0.124. The van der Waals surface area contributed by atoms with Crippen LogP contribution >= 0.6 is 0 Å². The topological polar surface area (TPSA) is 37.0 Å². The molecule has 184 valence electrons. The average molecular weight is 480 g/mol. The van der Waals surface area contributed by atoms with Crippen molar-refractivity contribution < 1.29 is 9.47 Å². The Labute approximate surface area is 214 Å². The Balaban J connectivity index is 1.29. The molecule has 3 aromatic rings. The van der Waals surface area contributed by atoms with E-state index in [4.69, 9.17) is 9.47 Å². The predicted octanol–water partition coefficient (Wildman–Crippen LogP) is 6.26. The summed E-state index contributed by atoms with van der Waals surface area (Å²) in [6, 6.07) is 23.2. The lowest BCUT2D eigenvalue weighted by Gasteiger charge is -2.26. The molecule has 2 aliphatic rings. The number of ether oxygens (including phenoxy) is 2. The maximum atomic E-state index is 6.14. The SMILES string of the molecule is CCN1C=CN(c2ccc(/C=C/C3NCCc4cc(OCc5ccccc5)c(OC)cc43)cc2)C=C1. The highest BCUT2D eigenvalue weighted by molar-refractivity contribution is 5.60. The molecule has 1 atom stereocenters. The van der Waals surface area contributed by atoms with E-state index in [1.54, 1.807) is 7.11 Å². The number of nitrogens with one attached hydrogen (secondary N) is 1. The van der Waals surface area contributed by atoms with Gasteiger partial charge in [0.1, 0.15) is 6.61 Å². The molecule has 0 saturated heterocycles. The molecule has 0 fully saturated rings. The first-order chi connectivity index (χ1) is 17.7. The van der Waals surface area contributed by atoms with Crippen molar-refractivity contribution in [3.8, 4) is 11.5 Å². The van der Waals surface area contributed by atoms with E-state index in [1.807, 2.05) is 18.2 Å². The maximum Gasteiger partial charge on any atom is 0.161 e. The molecule has 3 aromatic carbocycles. The van der Waals surface area contributed by atoms with Gasteiger partial charge in [-0.1, -0.05) is 54.6 Å². The van der Waals surface area contributed by atoms with E-state index in [9.17, 15) is 0 Å². The molecule has 2 heterocycles. The van der Waals surface area contributed by atoms with Gasteiger partial charge in [-0.05, 0) is 59.9 Å². The lowest BCUT2D eigenvalue weighted by atomic mass is 9.93. The number of hydrogen-bond acceptors (Lipinski definition) is 5. The van der Waals surface area contributed by atoms with E-state index in [0.717, 1.165) is 42.3 Å². The Morgan fingerprint density at radius 2 is 1.72 bits per heavy atom. The Hall–Kier alpha value is -3.96. The zero-order chi connectivity index (χ0) is 24.7. The highest BCUT2D eigenvalue weighted by Crippen LogP contribution is 2.36. The van der Waals surface area contributed by atoms with Crippen LogP contribution in [-0.4, -0.2) is 25.1 Å². The standard InChI is InChI=1S/C31H33N3O2/c1-3-33-17-19-34(20-18-33)27-12-9-24(10-13-27)11-14-29-28-22-30(35-2)31(21-26(28)15-16-32-29)36-23-25-7-5-4-6-8-25/h4-14,17-22,29,32H,3,15-16,23H2,1-2H3/b14-11+. The quantitative estimate of drug-likeness (QED) is 0.413. The number of fused-ring (bicyclic) bond motifs is 1. The fraction of sp³-hybridized carbons (Fsp3) is 0.226. The van der Waals surface area contributed by atoms with E-state index < -0.39 is 0 Å². The van der Waals surface area contributed by atoms with E-state index >= 15 is 0 Å². The van der Waals surface area contributed by atoms with Gasteiger partial charge >= 0.3 is 0 Å². The number of nitrogens with zero attached hydrogens (tertiary/aromatic N) is 2. The summed E-state index contributed by atoms with van der Waals surface area (Å²) in [6.07, 6.45) is 13.7. The lowest BCUT2D eigenvalue weighted by molar-refractivity contribution is 0.283. The molecule has 1 unspecified atom stereocenters. The summed E-state index contributed by atoms with van der Waals surface area (Å²) < 4.78 is 11.8. The molecule has 5 heteroatoms. The van der Waals surface area contributed by atoms with Crippen LogP contribution in [0.15, 0.2) is 97.6 Å². The first-order valence-corrected chi connectivity index (χ1v) is 12.5. The van der Waals surface area contributed by atoms with Gasteiger partial charge in [0.2, 0.25) is 0 Å². The van der Waals surface area contributed by atoms with Gasteiger partial charge in [-0.25, -0.2) is 0 Å². The van der Waals surface area contributed by atoms with Crippen molar-refractivity contribution >= 4 is 11.8 Å². The summed E-state index contributed by atoms with van der Waals surface area (Å²) >= 11 is 0. The van der Waals surface area contributed by atoms with Crippen molar-refractivity contribution in [2.75, 3.05) is 25.1 Å². The van der Waals surface area contributed by atoms with Crippen LogP contribution in [0.5, 0.6) is 11.5 Å². The molecule has 0 aromatic heterocycles. The van der Waals surface area contributed by atoms with E-state index in [2.05, 4.69) is 108 Å². The molecule has 5 nitrogen and oxygen atoms in total. The zero-order valence-electron chi connectivity index (χ0n) is 20.9. The molecule has 0 aliphatic carbocycles. The van der Waals surface area contributed by atoms with Gasteiger partial charge in [0.25, 0.3) is 0 Å². The average Bonchev–Trinajstić information content (AvgIpc) is 2.95. The molecule has 1 N–H and O–H groups in total. The number of methoxy groups -OCH3 is 1. The highest BCUT2D eigenvalue weighted by Gasteiger charge is 2.21. The van der Waals surface area contributed by atoms with Gasteiger partial charge < -0.3 is 24.6 Å². The van der Waals surface area contributed by atoms with Crippen LogP contribution in [0.25, 0.3) is 6.08 Å². The van der Waals surface area contributed by atoms with Crippen molar-refractivity contribution in [1.29, 1.82) is 0 Å². The lowest BCUT2D eigenvalue weighted by Crippen LogP contribution is -2.28. The van der Waals surface area contributed by atoms with Gasteiger partial charge in [0.15, 0.2) is 11.5 Å². The number of anilines is 1.